The molecule has 15 rings (SSSR count). The third kappa shape index (κ3) is 6.85. The third-order valence-corrected chi connectivity index (χ3v) is 27.2. The van der Waals surface area contributed by atoms with Crippen molar-refractivity contribution < 1.29 is 9.68 Å². The van der Waals surface area contributed by atoms with Crippen molar-refractivity contribution in [2.45, 2.75) is 88.4 Å². The van der Waals surface area contributed by atoms with Crippen molar-refractivity contribution in [3.05, 3.63) is 188 Å². The minimum atomic E-state index is -3.14. The van der Waals surface area contributed by atoms with Crippen molar-refractivity contribution in [2.24, 2.45) is 23.7 Å². The quantitative estimate of drug-likeness (QED) is 0.111. The standard InChI is InChI=1S/C60H61BN2O2Si2/c64-61-65-52-39-59(66(53-17-5-1-6-18-53,54-19-7-2-8-20-54)57-25-13-15-46(37-57)62-48-29-42-27-43(31-48)32-49(62)30-42)41-60(40-52)67(55-21-9-3-10-22-55,56-23-11-4-12-24-56)58-26-14-16-47(38-58)63-50-33-44-28-45(35-50)36-51(63)34-44/h1-26,37-45,48-51,61,64H,27-36H2. The maximum absolute atomic E-state index is 10.8. The summed E-state index contributed by atoms with van der Waals surface area (Å²) in [4.78, 5) is 5.72. The summed E-state index contributed by atoms with van der Waals surface area (Å²) in [5, 5.41) is 21.4. The summed E-state index contributed by atoms with van der Waals surface area (Å²) in [5.74, 6) is 4.27. The molecule has 0 spiro atoms. The lowest BCUT2D eigenvalue weighted by Crippen LogP contribution is -2.78. The normalized spacial score (nSPS) is 25.9. The van der Waals surface area contributed by atoms with Gasteiger partial charge in [0.2, 0.25) is 0 Å². The minimum Gasteiger partial charge on any atom is -0.539 e. The first-order chi connectivity index (χ1) is 33.1. The van der Waals surface area contributed by atoms with Crippen LogP contribution in [0.25, 0.3) is 0 Å². The molecule has 0 aromatic heterocycles. The van der Waals surface area contributed by atoms with Crippen LogP contribution in [0, 0.1) is 23.7 Å². The minimum absolute atomic E-state index is 0.399. The molecule has 4 saturated carbocycles. The summed E-state index contributed by atoms with van der Waals surface area (Å²) in [5.41, 5.74) is 2.76. The van der Waals surface area contributed by atoms with Gasteiger partial charge in [0, 0.05) is 35.5 Å². The zero-order valence-corrected chi connectivity index (χ0v) is 40.5. The van der Waals surface area contributed by atoms with E-state index in [2.05, 4.69) is 198 Å². The number of anilines is 2. The Balaban J connectivity index is 1.08. The molecule has 7 heteroatoms. The van der Waals surface area contributed by atoms with Gasteiger partial charge in [-0.3, -0.25) is 0 Å². The first-order valence-corrected chi connectivity index (χ1v) is 29.5. The molecular formula is C60H61BN2O2Si2. The zero-order chi connectivity index (χ0) is 44.5. The van der Waals surface area contributed by atoms with Crippen LogP contribution in [-0.2, 0) is 0 Å². The summed E-state index contributed by atoms with van der Waals surface area (Å²) in [6, 6.07) is 74.9. The molecule has 0 radical (unpaired) electrons. The SMILES string of the molecule is OBOc1cc([Si](c2ccccc2)(c2ccccc2)c2cccc(N3C4CC5CC(C4)CC3C5)c2)cc([Si](c2ccccc2)(c2ccccc2)c2cccc(N3C4CC5CC(C4)CC3C5)c2)c1. The van der Waals surface area contributed by atoms with E-state index in [1.807, 2.05) is 0 Å². The van der Waals surface area contributed by atoms with E-state index in [-0.39, 0.29) is 0 Å². The molecule has 4 nitrogen and oxygen atoms in total. The van der Waals surface area contributed by atoms with Gasteiger partial charge in [0.05, 0.1) is 5.75 Å². The van der Waals surface area contributed by atoms with Crippen LogP contribution in [0.2, 0.25) is 0 Å². The molecule has 8 bridgehead atoms. The molecule has 4 saturated heterocycles. The number of hydrogen-bond acceptors (Lipinski definition) is 4. The van der Waals surface area contributed by atoms with Crippen LogP contribution >= 0.6 is 0 Å². The second-order valence-corrected chi connectivity index (χ2v) is 29.0. The van der Waals surface area contributed by atoms with Crippen molar-refractivity contribution in [2.75, 3.05) is 9.80 Å². The lowest BCUT2D eigenvalue weighted by Gasteiger charge is -2.57. The maximum atomic E-state index is 10.8. The van der Waals surface area contributed by atoms with Gasteiger partial charge in [-0.25, -0.2) is 0 Å². The Labute approximate surface area is 400 Å². The van der Waals surface area contributed by atoms with E-state index in [4.69, 9.17) is 4.65 Å². The van der Waals surface area contributed by atoms with E-state index < -0.39 is 23.8 Å². The van der Waals surface area contributed by atoms with Crippen LogP contribution in [-0.4, -0.2) is 53.0 Å². The molecule has 67 heavy (non-hydrogen) atoms. The molecule has 8 fully saturated rings. The van der Waals surface area contributed by atoms with E-state index >= 15 is 0 Å². The fourth-order valence-electron chi connectivity index (χ4n) is 15.7. The Morgan fingerprint density at radius 2 is 0.657 bits per heavy atom. The number of piperidine rings is 4. The average molecular weight is 909 g/mol. The lowest BCUT2D eigenvalue weighted by atomic mass is 9.63. The van der Waals surface area contributed by atoms with Crippen LogP contribution < -0.4 is 55.9 Å². The first kappa shape index (κ1) is 41.6. The molecule has 4 aliphatic heterocycles. The Hall–Kier alpha value is -5.60. The molecule has 8 aliphatic rings. The summed E-state index contributed by atoms with van der Waals surface area (Å²) >= 11 is 0. The molecular weight excluding hydrogens is 848 g/mol. The maximum Gasteiger partial charge on any atom is 0.504 e. The van der Waals surface area contributed by atoms with Gasteiger partial charge < -0.3 is 19.5 Å². The predicted molar refractivity (Wildman–Crippen MR) is 284 cm³/mol. The fraction of sp³-hybridized carbons (Fsp3) is 0.300. The zero-order valence-electron chi connectivity index (χ0n) is 38.5. The van der Waals surface area contributed by atoms with Crippen molar-refractivity contribution in [1.82, 2.24) is 0 Å². The molecule has 0 amide bonds. The Bertz CT molecular complexity index is 2560. The van der Waals surface area contributed by atoms with Crippen molar-refractivity contribution in [3.63, 3.8) is 0 Å². The highest BCUT2D eigenvalue weighted by Crippen LogP contribution is 2.51. The van der Waals surface area contributed by atoms with Crippen LogP contribution in [0.3, 0.4) is 0 Å². The van der Waals surface area contributed by atoms with Gasteiger partial charge in [0.15, 0.2) is 16.1 Å². The van der Waals surface area contributed by atoms with Crippen molar-refractivity contribution in [3.8, 4) is 5.75 Å². The summed E-state index contributed by atoms with van der Waals surface area (Å²) < 4.78 is 6.44. The van der Waals surface area contributed by atoms with E-state index in [0.29, 0.717) is 29.9 Å². The summed E-state index contributed by atoms with van der Waals surface area (Å²) in [7, 11) is -6.68. The number of nitrogens with zero attached hydrogens (tertiary/aromatic N) is 2. The molecule has 334 valence electrons. The lowest BCUT2D eigenvalue weighted by molar-refractivity contribution is 0.0899. The van der Waals surface area contributed by atoms with Gasteiger partial charge >= 0.3 is 7.69 Å². The average Bonchev–Trinajstić information content (AvgIpc) is 3.36. The van der Waals surface area contributed by atoms with Gasteiger partial charge in [0.1, 0.15) is 0 Å². The Morgan fingerprint density at radius 1 is 0.343 bits per heavy atom. The van der Waals surface area contributed by atoms with Crippen LogP contribution in [0.5, 0.6) is 5.75 Å². The Morgan fingerprint density at radius 3 is 0.970 bits per heavy atom. The summed E-state index contributed by atoms with van der Waals surface area (Å²) in [6.07, 6.45) is 13.5. The molecule has 1 N–H and O–H groups in total. The van der Waals surface area contributed by atoms with Crippen molar-refractivity contribution >= 4 is 76.7 Å². The second kappa shape index (κ2) is 16.9. The van der Waals surface area contributed by atoms with E-state index in [1.54, 1.807) is 0 Å². The van der Waals surface area contributed by atoms with Gasteiger partial charge in [-0.2, -0.15) is 0 Å². The highest BCUT2D eigenvalue weighted by Gasteiger charge is 2.51. The highest BCUT2D eigenvalue weighted by atomic mass is 28.3. The van der Waals surface area contributed by atoms with E-state index in [1.165, 1.54) is 117 Å². The number of rotatable bonds is 12. The van der Waals surface area contributed by atoms with E-state index in [9.17, 15) is 5.02 Å². The highest BCUT2D eigenvalue weighted by molar-refractivity contribution is 7.22. The largest absolute Gasteiger partial charge is 0.539 e. The monoisotopic (exact) mass is 908 g/mol. The predicted octanol–water partition coefficient (Wildman–Crippen LogP) is 6.61. The molecule has 4 heterocycles. The molecule has 7 aromatic rings. The van der Waals surface area contributed by atoms with Crippen LogP contribution in [0.15, 0.2) is 188 Å². The van der Waals surface area contributed by atoms with Gasteiger partial charge in [-0.15, -0.1) is 0 Å². The topological polar surface area (TPSA) is 35.9 Å². The second-order valence-electron chi connectivity index (χ2n) is 21.3. The molecule has 0 atom stereocenters. The Kier molecular flexibility index (Phi) is 10.5. The smallest absolute Gasteiger partial charge is 0.504 e. The summed E-state index contributed by atoms with van der Waals surface area (Å²) in [6.45, 7) is 0. The molecule has 0 unspecified atom stereocenters. The van der Waals surface area contributed by atoms with Gasteiger partial charge in [-0.05, 0) is 166 Å². The molecule has 7 aromatic carbocycles. The fourth-order valence-corrected chi connectivity index (χ4v) is 25.4. The van der Waals surface area contributed by atoms with Crippen molar-refractivity contribution in [1.29, 1.82) is 0 Å². The van der Waals surface area contributed by atoms with Gasteiger partial charge in [0.25, 0.3) is 0 Å². The third-order valence-electron chi connectivity index (χ3n) is 17.7. The van der Waals surface area contributed by atoms with E-state index in [0.717, 1.165) is 23.7 Å². The molecule has 4 aliphatic carbocycles. The first-order valence-electron chi connectivity index (χ1n) is 25.5. The number of hydrogen-bond donors (Lipinski definition) is 1. The van der Waals surface area contributed by atoms with Crippen LogP contribution in [0.4, 0.5) is 11.4 Å². The van der Waals surface area contributed by atoms with Crippen LogP contribution in [0.1, 0.15) is 64.2 Å². The van der Waals surface area contributed by atoms with Gasteiger partial charge in [-0.1, -0.05) is 152 Å². The number of benzene rings is 7.